The number of thiophene rings is 1. The molecule has 0 spiro atoms. The SMILES string of the molecule is CCC(CN)C(=O)NC1CCCc2sccc21. The molecule has 2 rings (SSSR count). The summed E-state index contributed by atoms with van der Waals surface area (Å²) in [5.74, 6) is 0.0677. The van der Waals surface area contributed by atoms with Crippen molar-refractivity contribution in [3.63, 3.8) is 0 Å². The lowest BCUT2D eigenvalue weighted by atomic mass is 9.93. The maximum atomic E-state index is 12.0. The summed E-state index contributed by atoms with van der Waals surface area (Å²) in [7, 11) is 0. The van der Waals surface area contributed by atoms with Crippen LogP contribution in [-0.2, 0) is 11.2 Å². The van der Waals surface area contributed by atoms with E-state index in [1.807, 2.05) is 6.92 Å². The monoisotopic (exact) mass is 252 g/mol. The minimum absolute atomic E-state index is 0.0426. The molecule has 17 heavy (non-hydrogen) atoms. The van der Waals surface area contributed by atoms with Gasteiger partial charge in [0.25, 0.3) is 0 Å². The van der Waals surface area contributed by atoms with Crippen molar-refractivity contribution in [1.29, 1.82) is 0 Å². The number of nitrogens with one attached hydrogen (secondary N) is 1. The molecule has 0 aromatic carbocycles. The number of hydrogen-bond acceptors (Lipinski definition) is 3. The molecule has 3 N–H and O–H groups in total. The first-order valence-corrected chi connectivity index (χ1v) is 7.21. The molecule has 1 aliphatic rings. The minimum atomic E-state index is -0.0426. The van der Waals surface area contributed by atoms with Crippen LogP contribution in [0.15, 0.2) is 11.4 Å². The third-order valence-corrected chi connectivity index (χ3v) is 4.51. The highest BCUT2D eigenvalue weighted by Crippen LogP contribution is 2.33. The molecule has 1 aromatic heterocycles. The van der Waals surface area contributed by atoms with Gasteiger partial charge in [0.15, 0.2) is 0 Å². The van der Waals surface area contributed by atoms with Crippen LogP contribution in [0.1, 0.15) is 42.7 Å². The lowest BCUT2D eigenvalue weighted by Gasteiger charge is -2.25. The van der Waals surface area contributed by atoms with Crippen LogP contribution < -0.4 is 11.1 Å². The molecule has 4 heteroatoms. The molecule has 1 amide bonds. The summed E-state index contributed by atoms with van der Waals surface area (Å²) in [5, 5.41) is 5.27. The number of aryl methyl sites for hydroxylation is 1. The van der Waals surface area contributed by atoms with Crippen LogP contribution in [0.25, 0.3) is 0 Å². The van der Waals surface area contributed by atoms with Gasteiger partial charge in [0, 0.05) is 17.3 Å². The van der Waals surface area contributed by atoms with Crippen LogP contribution in [0.2, 0.25) is 0 Å². The van der Waals surface area contributed by atoms with E-state index in [0.717, 1.165) is 25.7 Å². The quantitative estimate of drug-likeness (QED) is 0.863. The zero-order chi connectivity index (χ0) is 12.3. The van der Waals surface area contributed by atoms with E-state index in [9.17, 15) is 4.79 Å². The van der Waals surface area contributed by atoms with Gasteiger partial charge in [-0.2, -0.15) is 0 Å². The molecule has 0 radical (unpaired) electrons. The topological polar surface area (TPSA) is 55.1 Å². The Kier molecular flexibility index (Phi) is 4.18. The van der Waals surface area contributed by atoms with E-state index >= 15 is 0 Å². The number of hydrogen-bond donors (Lipinski definition) is 2. The fourth-order valence-corrected chi connectivity index (χ4v) is 3.37. The maximum Gasteiger partial charge on any atom is 0.224 e. The van der Waals surface area contributed by atoms with Gasteiger partial charge in [-0.1, -0.05) is 6.92 Å². The zero-order valence-corrected chi connectivity index (χ0v) is 11.1. The standard InChI is InChI=1S/C13H20N2OS/c1-2-9(8-14)13(16)15-11-4-3-5-12-10(11)6-7-17-12/h6-7,9,11H,2-5,8,14H2,1H3,(H,15,16). The fourth-order valence-electron chi connectivity index (χ4n) is 2.39. The molecular formula is C13H20N2OS. The van der Waals surface area contributed by atoms with Gasteiger partial charge in [0.2, 0.25) is 5.91 Å². The van der Waals surface area contributed by atoms with Gasteiger partial charge in [-0.15, -0.1) is 11.3 Å². The largest absolute Gasteiger partial charge is 0.349 e. The van der Waals surface area contributed by atoms with Crippen molar-refractivity contribution in [2.45, 2.75) is 38.6 Å². The lowest BCUT2D eigenvalue weighted by Crippen LogP contribution is -2.37. The predicted octanol–water partition coefficient (Wildman–Crippen LogP) is 2.23. The molecule has 3 nitrogen and oxygen atoms in total. The zero-order valence-electron chi connectivity index (χ0n) is 10.2. The van der Waals surface area contributed by atoms with Gasteiger partial charge in [0.1, 0.15) is 0 Å². The van der Waals surface area contributed by atoms with E-state index in [2.05, 4.69) is 16.8 Å². The summed E-state index contributed by atoms with van der Waals surface area (Å²) in [6.45, 7) is 2.44. The van der Waals surface area contributed by atoms with E-state index in [-0.39, 0.29) is 17.9 Å². The van der Waals surface area contributed by atoms with Crippen molar-refractivity contribution in [2.24, 2.45) is 11.7 Å². The molecule has 1 aromatic rings. The molecule has 0 saturated carbocycles. The number of nitrogens with two attached hydrogens (primary N) is 1. The van der Waals surface area contributed by atoms with Crippen molar-refractivity contribution in [2.75, 3.05) is 6.54 Å². The van der Waals surface area contributed by atoms with E-state index in [1.165, 1.54) is 10.4 Å². The van der Waals surface area contributed by atoms with Gasteiger partial charge in [-0.3, -0.25) is 4.79 Å². The van der Waals surface area contributed by atoms with Crippen LogP contribution in [0.4, 0.5) is 0 Å². The third-order valence-electron chi connectivity index (χ3n) is 3.52. The predicted molar refractivity (Wildman–Crippen MR) is 71.0 cm³/mol. The number of rotatable bonds is 4. The second-order valence-corrected chi connectivity index (χ2v) is 5.59. The molecule has 0 fully saturated rings. The smallest absolute Gasteiger partial charge is 0.224 e. The molecule has 0 bridgehead atoms. The first kappa shape index (κ1) is 12.6. The lowest BCUT2D eigenvalue weighted by molar-refractivity contribution is -0.125. The Morgan fingerprint density at radius 3 is 3.24 bits per heavy atom. The average Bonchev–Trinajstić information content (AvgIpc) is 2.80. The summed E-state index contributed by atoms with van der Waals surface area (Å²) in [5.41, 5.74) is 6.93. The maximum absolute atomic E-state index is 12.0. The van der Waals surface area contributed by atoms with Crippen molar-refractivity contribution in [3.05, 3.63) is 21.9 Å². The molecule has 1 heterocycles. The Balaban J connectivity index is 2.04. The highest BCUT2D eigenvalue weighted by atomic mass is 32.1. The first-order chi connectivity index (χ1) is 8.26. The van der Waals surface area contributed by atoms with Crippen LogP contribution in [-0.4, -0.2) is 12.5 Å². The summed E-state index contributed by atoms with van der Waals surface area (Å²) in [6.07, 6.45) is 4.19. The number of amides is 1. The Labute approximate surface area is 106 Å². The van der Waals surface area contributed by atoms with Gasteiger partial charge < -0.3 is 11.1 Å². The minimum Gasteiger partial charge on any atom is -0.349 e. The highest BCUT2D eigenvalue weighted by molar-refractivity contribution is 7.10. The second kappa shape index (κ2) is 5.65. The van der Waals surface area contributed by atoms with Gasteiger partial charge in [-0.05, 0) is 42.7 Å². The summed E-state index contributed by atoms with van der Waals surface area (Å²) >= 11 is 1.80. The molecule has 0 saturated heterocycles. The molecule has 94 valence electrons. The van der Waals surface area contributed by atoms with Gasteiger partial charge in [-0.25, -0.2) is 0 Å². The normalized spacial score (nSPS) is 20.7. The molecule has 2 atom stereocenters. The number of carbonyl (C=O) groups excluding carboxylic acids is 1. The van der Waals surface area contributed by atoms with Crippen molar-refractivity contribution < 1.29 is 4.79 Å². The Morgan fingerprint density at radius 2 is 2.53 bits per heavy atom. The molecule has 0 aliphatic heterocycles. The Hall–Kier alpha value is -0.870. The van der Waals surface area contributed by atoms with Crippen molar-refractivity contribution in [3.8, 4) is 0 Å². The fraction of sp³-hybridized carbons (Fsp3) is 0.615. The number of carbonyl (C=O) groups is 1. The van der Waals surface area contributed by atoms with Gasteiger partial charge >= 0.3 is 0 Å². The third kappa shape index (κ3) is 2.69. The van der Waals surface area contributed by atoms with E-state index in [1.54, 1.807) is 11.3 Å². The van der Waals surface area contributed by atoms with E-state index < -0.39 is 0 Å². The second-order valence-electron chi connectivity index (χ2n) is 4.59. The van der Waals surface area contributed by atoms with Gasteiger partial charge in [0.05, 0.1) is 6.04 Å². The molecular weight excluding hydrogens is 232 g/mol. The molecule has 2 unspecified atom stereocenters. The Bertz CT molecular complexity index is 385. The molecule has 1 aliphatic carbocycles. The van der Waals surface area contributed by atoms with Crippen LogP contribution >= 0.6 is 11.3 Å². The summed E-state index contributed by atoms with van der Waals surface area (Å²) in [4.78, 5) is 13.5. The Morgan fingerprint density at radius 1 is 1.71 bits per heavy atom. The van der Waals surface area contributed by atoms with E-state index in [4.69, 9.17) is 5.73 Å². The van der Waals surface area contributed by atoms with Crippen LogP contribution in [0, 0.1) is 5.92 Å². The van der Waals surface area contributed by atoms with Crippen LogP contribution in [0.3, 0.4) is 0 Å². The van der Waals surface area contributed by atoms with Crippen molar-refractivity contribution >= 4 is 17.2 Å². The summed E-state index contributed by atoms with van der Waals surface area (Å²) < 4.78 is 0. The van der Waals surface area contributed by atoms with Crippen molar-refractivity contribution in [1.82, 2.24) is 5.32 Å². The first-order valence-electron chi connectivity index (χ1n) is 6.33. The van der Waals surface area contributed by atoms with Crippen LogP contribution in [0.5, 0.6) is 0 Å². The highest BCUT2D eigenvalue weighted by Gasteiger charge is 2.24. The van der Waals surface area contributed by atoms with E-state index in [0.29, 0.717) is 6.54 Å². The number of fused-ring (bicyclic) bond motifs is 1. The average molecular weight is 252 g/mol. The summed E-state index contributed by atoms with van der Waals surface area (Å²) in [6, 6.07) is 2.35.